The fourth-order valence-corrected chi connectivity index (χ4v) is 2.93. The molecule has 0 saturated carbocycles. The largest absolute Gasteiger partial charge is 0.371 e. The van der Waals surface area contributed by atoms with E-state index in [9.17, 15) is 4.79 Å². The van der Waals surface area contributed by atoms with Crippen LogP contribution in [0.3, 0.4) is 0 Å². The van der Waals surface area contributed by atoms with Gasteiger partial charge in [-0.3, -0.25) is 4.79 Å². The maximum absolute atomic E-state index is 11.6. The van der Waals surface area contributed by atoms with Crippen molar-refractivity contribution >= 4 is 11.6 Å². The molecule has 1 atom stereocenters. The van der Waals surface area contributed by atoms with Crippen LogP contribution in [-0.4, -0.2) is 32.1 Å². The lowest BCUT2D eigenvalue weighted by atomic mass is 9.98. The van der Waals surface area contributed by atoms with Crippen LogP contribution >= 0.6 is 0 Å². The molecule has 1 aromatic rings. The summed E-state index contributed by atoms with van der Waals surface area (Å²) in [5.74, 6) is 0.305. The minimum atomic E-state index is -0.344. The first-order chi connectivity index (χ1) is 9.72. The van der Waals surface area contributed by atoms with E-state index in [2.05, 4.69) is 17.1 Å². The molecule has 110 valence electrons. The van der Waals surface area contributed by atoms with E-state index in [0.717, 1.165) is 38.3 Å². The zero-order chi connectivity index (χ0) is 14.4. The van der Waals surface area contributed by atoms with Gasteiger partial charge in [-0.25, -0.2) is 0 Å². The number of hydrogen-bond acceptors (Lipinski definition) is 3. The van der Waals surface area contributed by atoms with Gasteiger partial charge in [0.2, 0.25) is 0 Å². The highest BCUT2D eigenvalue weighted by molar-refractivity contribution is 5.98. The van der Waals surface area contributed by atoms with Crippen LogP contribution in [-0.2, 0) is 0 Å². The first kappa shape index (κ1) is 14.9. The van der Waals surface area contributed by atoms with E-state index in [0.29, 0.717) is 11.5 Å². The van der Waals surface area contributed by atoms with Crippen molar-refractivity contribution in [3.05, 3.63) is 29.8 Å². The molecule has 0 radical (unpaired) electrons. The molecule has 1 fully saturated rings. The molecule has 1 aliphatic rings. The zero-order valence-electron chi connectivity index (χ0n) is 12.3. The average Bonchev–Trinajstić information content (AvgIpc) is 2.48. The summed E-state index contributed by atoms with van der Waals surface area (Å²) in [5.41, 5.74) is 7.11. The Balaban J connectivity index is 2.16. The predicted molar refractivity (Wildman–Crippen MR) is 83.1 cm³/mol. The van der Waals surface area contributed by atoms with Crippen molar-refractivity contribution in [1.82, 2.24) is 5.32 Å². The number of carbonyl (C=O) groups is 1. The van der Waals surface area contributed by atoms with Crippen molar-refractivity contribution in [2.24, 2.45) is 11.7 Å². The van der Waals surface area contributed by atoms with Crippen molar-refractivity contribution in [3.8, 4) is 0 Å². The lowest BCUT2D eigenvalue weighted by molar-refractivity contribution is 0.100. The highest BCUT2D eigenvalue weighted by Crippen LogP contribution is 2.23. The van der Waals surface area contributed by atoms with E-state index in [-0.39, 0.29) is 5.91 Å². The van der Waals surface area contributed by atoms with Gasteiger partial charge in [-0.1, -0.05) is 19.1 Å². The van der Waals surface area contributed by atoms with Gasteiger partial charge in [0.1, 0.15) is 0 Å². The maximum atomic E-state index is 11.6. The molecule has 20 heavy (non-hydrogen) atoms. The van der Waals surface area contributed by atoms with Crippen molar-refractivity contribution in [3.63, 3.8) is 0 Å². The molecule has 4 nitrogen and oxygen atoms in total. The molecule has 4 heteroatoms. The number of nitrogens with two attached hydrogens (primary N) is 1. The van der Waals surface area contributed by atoms with E-state index < -0.39 is 0 Å². The molecular formula is C16H25N3O. The quantitative estimate of drug-likeness (QED) is 0.835. The van der Waals surface area contributed by atoms with Crippen LogP contribution in [0.25, 0.3) is 0 Å². The summed E-state index contributed by atoms with van der Waals surface area (Å²) in [5, 5.41) is 3.45. The van der Waals surface area contributed by atoms with E-state index in [4.69, 9.17) is 5.73 Å². The zero-order valence-corrected chi connectivity index (χ0v) is 12.3. The number of anilines is 1. The molecule has 1 aromatic carbocycles. The Kier molecular flexibility index (Phi) is 5.41. The monoisotopic (exact) mass is 275 g/mol. The highest BCUT2D eigenvalue weighted by Gasteiger charge is 2.19. The lowest BCUT2D eigenvalue weighted by Gasteiger charge is -2.32. The highest BCUT2D eigenvalue weighted by atomic mass is 16.1. The van der Waals surface area contributed by atoms with Gasteiger partial charge < -0.3 is 16.0 Å². The van der Waals surface area contributed by atoms with Crippen molar-refractivity contribution in [1.29, 1.82) is 0 Å². The van der Waals surface area contributed by atoms with Crippen LogP contribution in [0.15, 0.2) is 24.3 Å². The fourth-order valence-electron chi connectivity index (χ4n) is 2.93. The number of hydrogen-bond donors (Lipinski definition) is 2. The summed E-state index contributed by atoms with van der Waals surface area (Å²) >= 11 is 0. The van der Waals surface area contributed by atoms with Crippen molar-refractivity contribution < 1.29 is 4.79 Å². The second-order valence-corrected chi connectivity index (χ2v) is 5.54. The van der Waals surface area contributed by atoms with Crippen LogP contribution in [0.2, 0.25) is 0 Å². The first-order valence-electron chi connectivity index (χ1n) is 7.57. The minimum absolute atomic E-state index is 0.344. The Morgan fingerprint density at radius 1 is 1.45 bits per heavy atom. The summed E-state index contributed by atoms with van der Waals surface area (Å²) in [7, 11) is 0. The smallest absolute Gasteiger partial charge is 0.250 e. The van der Waals surface area contributed by atoms with Gasteiger partial charge in [-0.15, -0.1) is 0 Å². The molecule has 1 saturated heterocycles. The number of para-hydroxylation sites is 1. The molecule has 3 N–H and O–H groups in total. The van der Waals surface area contributed by atoms with E-state index >= 15 is 0 Å². The minimum Gasteiger partial charge on any atom is -0.371 e. The predicted octanol–water partition coefficient (Wildman–Crippen LogP) is 2.00. The average molecular weight is 275 g/mol. The summed E-state index contributed by atoms with van der Waals surface area (Å²) in [6.07, 6.45) is 3.56. The number of amides is 1. The molecule has 0 bridgehead atoms. The van der Waals surface area contributed by atoms with E-state index in [1.807, 2.05) is 24.3 Å². The number of benzene rings is 1. The summed E-state index contributed by atoms with van der Waals surface area (Å²) in [6.45, 7) is 6.31. The Bertz CT molecular complexity index is 441. The number of piperidine rings is 1. The van der Waals surface area contributed by atoms with Crippen molar-refractivity contribution in [2.45, 2.75) is 26.2 Å². The third kappa shape index (κ3) is 3.73. The summed E-state index contributed by atoms with van der Waals surface area (Å²) < 4.78 is 0. The number of nitrogens with one attached hydrogen (secondary N) is 1. The number of carbonyl (C=O) groups excluding carboxylic acids is 1. The Morgan fingerprint density at radius 3 is 2.90 bits per heavy atom. The standard InChI is InChI=1S/C16H25N3O/c1-2-10-19(12-13-6-5-9-18-11-13)15-8-4-3-7-14(15)16(17)20/h3-4,7-8,13,18H,2,5-6,9-12H2,1H3,(H2,17,20). The van der Waals surface area contributed by atoms with Gasteiger partial charge in [0, 0.05) is 18.8 Å². The molecule has 0 aromatic heterocycles. The number of rotatable bonds is 6. The van der Waals surface area contributed by atoms with Gasteiger partial charge in [0.05, 0.1) is 5.56 Å². The third-order valence-corrected chi connectivity index (χ3v) is 3.88. The second kappa shape index (κ2) is 7.29. The van der Waals surface area contributed by atoms with Gasteiger partial charge in [0.15, 0.2) is 0 Å². The molecular weight excluding hydrogens is 250 g/mol. The topological polar surface area (TPSA) is 58.4 Å². The molecule has 1 aliphatic heterocycles. The number of primary amides is 1. The van der Waals surface area contributed by atoms with E-state index in [1.165, 1.54) is 12.8 Å². The van der Waals surface area contributed by atoms with Gasteiger partial charge in [-0.05, 0) is 50.4 Å². The van der Waals surface area contributed by atoms with Crippen LogP contribution in [0.1, 0.15) is 36.5 Å². The normalized spacial score (nSPS) is 18.8. The van der Waals surface area contributed by atoms with Gasteiger partial charge in [0.25, 0.3) is 5.91 Å². The molecule has 0 aliphatic carbocycles. The third-order valence-electron chi connectivity index (χ3n) is 3.88. The Hall–Kier alpha value is -1.55. The fraction of sp³-hybridized carbons (Fsp3) is 0.562. The Labute approximate surface area is 121 Å². The molecule has 1 unspecified atom stereocenters. The molecule has 1 heterocycles. The van der Waals surface area contributed by atoms with Crippen LogP contribution < -0.4 is 16.0 Å². The van der Waals surface area contributed by atoms with Crippen LogP contribution in [0.4, 0.5) is 5.69 Å². The lowest BCUT2D eigenvalue weighted by Crippen LogP contribution is -2.39. The Morgan fingerprint density at radius 2 is 2.25 bits per heavy atom. The molecule has 2 rings (SSSR count). The number of nitrogens with zero attached hydrogens (tertiary/aromatic N) is 1. The van der Waals surface area contributed by atoms with Gasteiger partial charge >= 0.3 is 0 Å². The molecule has 1 amide bonds. The van der Waals surface area contributed by atoms with Crippen LogP contribution in [0.5, 0.6) is 0 Å². The van der Waals surface area contributed by atoms with Crippen molar-refractivity contribution in [2.75, 3.05) is 31.1 Å². The second-order valence-electron chi connectivity index (χ2n) is 5.54. The van der Waals surface area contributed by atoms with Gasteiger partial charge in [-0.2, -0.15) is 0 Å². The first-order valence-corrected chi connectivity index (χ1v) is 7.57. The van der Waals surface area contributed by atoms with E-state index in [1.54, 1.807) is 0 Å². The summed E-state index contributed by atoms with van der Waals surface area (Å²) in [4.78, 5) is 13.9. The van der Waals surface area contributed by atoms with Crippen LogP contribution in [0, 0.1) is 5.92 Å². The SMILES string of the molecule is CCCN(CC1CCCNC1)c1ccccc1C(N)=O. The maximum Gasteiger partial charge on any atom is 0.250 e. The molecule has 0 spiro atoms. The summed E-state index contributed by atoms with van der Waals surface area (Å²) in [6, 6.07) is 7.67.